The molecule has 0 aliphatic carbocycles. The van der Waals surface area contributed by atoms with Crippen LogP contribution in [-0.2, 0) is 4.74 Å². The fraction of sp³-hybridized carbons (Fsp3) is 0.429. The van der Waals surface area contributed by atoms with Crippen LogP contribution in [0.5, 0.6) is 0 Å². The van der Waals surface area contributed by atoms with Gasteiger partial charge in [-0.25, -0.2) is 4.98 Å². The van der Waals surface area contributed by atoms with Crippen LogP contribution in [0.1, 0.15) is 32.2 Å². The van der Waals surface area contributed by atoms with Crippen LogP contribution in [-0.4, -0.2) is 45.5 Å². The SMILES string of the molecule is Cc1nc(C)c(C(=O)N2CCOC(c3cnccn3)C2)s1. The van der Waals surface area contributed by atoms with E-state index in [4.69, 9.17) is 4.74 Å². The van der Waals surface area contributed by atoms with Gasteiger partial charge in [-0.2, -0.15) is 0 Å². The van der Waals surface area contributed by atoms with Gasteiger partial charge in [0.2, 0.25) is 0 Å². The Morgan fingerprint density at radius 2 is 2.29 bits per heavy atom. The molecule has 0 bridgehead atoms. The number of amides is 1. The number of hydrogen-bond acceptors (Lipinski definition) is 6. The number of aryl methyl sites for hydroxylation is 2. The smallest absolute Gasteiger partial charge is 0.266 e. The van der Waals surface area contributed by atoms with E-state index in [-0.39, 0.29) is 12.0 Å². The molecule has 0 N–H and O–H groups in total. The van der Waals surface area contributed by atoms with E-state index in [0.29, 0.717) is 24.6 Å². The Balaban J connectivity index is 1.77. The van der Waals surface area contributed by atoms with Crippen LogP contribution >= 0.6 is 11.3 Å². The molecule has 1 amide bonds. The van der Waals surface area contributed by atoms with Crippen molar-refractivity contribution in [3.05, 3.63) is 39.9 Å². The third-order valence-electron chi connectivity index (χ3n) is 3.36. The lowest BCUT2D eigenvalue weighted by atomic mass is 10.2. The quantitative estimate of drug-likeness (QED) is 0.845. The topological polar surface area (TPSA) is 68.2 Å². The van der Waals surface area contributed by atoms with Crippen LogP contribution in [0.4, 0.5) is 0 Å². The van der Waals surface area contributed by atoms with Gasteiger partial charge in [-0.15, -0.1) is 11.3 Å². The molecular formula is C14H16N4O2S. The molecule has 6 nitrogen and oxygen atoms in total. The lowest BCUT2D eigenvalue weighted by Crippen LogP contribution is -2.42. The Morgan fingerprint density at radius 1 is 1.43 bits per heavy atom. The summed E-state index contributed by atoms with van der Waals surface area (Å²) in [5.74, 6) is 0.0234. The zero-order chi connectivity index (χ0) is 14.8. The van der Waals surface area contributed by atoms with Crippen molar-refractivity contribution in [2.24, 2.45) is 0 Å². The van der Waals surface area contributed by atoms with Crippen LogP contribution < -0.4 is 0 Å². The average Bonchev–Trinajstić information content (AvgIpc) is 2.86. The van der Waals surface area contributed by atoms with Crippen LogP contribution in [0.25, 0.3) is 0 Å². The molecule has 2 aromatic heterocycles. The molecule has 1 unspecified atom stereocenters. The van der Waals surface area contributed by atoms with E-state index in [0.717, 1.165) is 16.4 Å². The third-order valence-corrected chi connectivity index (χ3v) is 4.43. The highest BCUT2D eigenvalue weighted by molar-refractivity contribution is 7.13. The molecule has 0 aromatic carbocycles. The van der Waals surface area contributed by atoms with Crippen molar-refractivity contribution in [2.75, 3.05) is 19.7 Å². The number of morpholine rings is 1. The number of carbonyl (C=O) groups is 1. The van der Waals surface area contributed by atoms with E-state index in [9.17, 15) is 4.79 Å². The van der Waals surface area contributed by atoms with Crippen LogP contribution in [0, 0.1) is 13.8 Å². The molecule has 110 valence electrons. The van der Waals surface area contributed by atoms with Gasteiger partial charge in [0.1, 0.15) is 11.0 Å². The highest BCUT2D eigenvalue weighted by atomic mass is 32.1. The zero-order valence-corrected chi connectivity index (χ0v) is 12.8. The Labute approximate surface area is 126 Å². The van der Waals surface area contributed by atoms with Crippen LogP contribution in [0.3, 0.4) is 0 Å². The Bertz CT molecular complexity index is 644. The van der Waals surface area contributed by atoms with Gasteiger partial charge in [0, 0.05) is 18.9 Å². The summed E-state index contributed by atoms with van der Waals surface area (Å²) < 4.78 is 5.71. The lowest BCUT2D eigenvalue weighted by molar-refractivity contribution is -0.0247. The first-order chi connectivity index (χ1) is 10.1. The molecule has 3 heterocycles. The molecule has 21 heavy (non-hydrogen) atoms. The summed E-state index contributed by atoms with van der Waals surface area (Å²) in [5.41, 5.74) is 1.55. The molecule has 7 heteroatoms. The highest BCUT2D eigenvalue weighted by Crippen LogP contribution is 2.24. The predicted octanol–water partition coefficient (Wildman–Crippen LogP) is 1.76. The molecule has 1 saturated heterocycles. The highest BCUT2D eigenvalue weighted by Gasteiger charge is 2.28. The van der Waals surface area contributed by atoms with Crippen molar-refractivity contribution in [2.45, 2.75) is 20.0 Å². The maximum Gasteiger partial charge on any atom is 0.266 e. The van der Waals surface area contributed by atoms with Crippen molar-refractivity contribution in [1.29, 1.82) is 0 Å². The van der Waals surface area contributed by atoms with Gasteiger partial charge in [-0.3, -0.25) is 14.8 Å². The van der Waals surface area contributed by atoms with Crippen molar-refractivity contribution in [3.8, 4) is 0 Å². The van der Waals surface area contributed by atoms with Gasteiger partial charge in [-0.05, 0) is 13.8 Å². The van der Waals surface area contributed by atoms with E-state index in [2.05, 4.69) is 15.0 Å². The standard InChI is InChI=1S/C14H16N4O2S/c1-9-13(21-10(2)17-9)14(19)18-5-6-20-12(8-18)11-7-15-3-4-16-11/h3-4,7,12H,5-6,8H2,1-2H3. The maximum absolute atomic E-state index is 12.6. The second-order valence-electron chi connectivity index (χ2n) is 4.89. The van der Waals surface area contributed by atoms with E-state index in [1.165, 1.54) is 11.3 Å². The molecule has 2 aromatic rings. The number of rotatable bonds is 2. The summed E-state index contributed by atoms with van der Waals surface area (Å²) in [6.07, 6.45) is 4.72. The molecule has 1 atom stereocenters. The fourth-order valence-electron chi connectivity index (χ4n) is 2.36. The van der Waals surface area contributed by atoms with E-state index in [1.807, 2.05) is 18.7 Å². The van der Waals surface area contributed by atoms with E-state index >= 15 is 0 Å². The third kappa shape index (κ3) is 2.93. The van der Waals surface area contributed by atoms with Crippen molar-refractivity contribution in [1.82, 2.24) is 19.9 Å². The van der Waals surface area contributed by atoms with Gasteiger partial charge < -0.3 is 9.64 Å². The van der Waals surface area contributed by atoms with E-state index in [1.54, 1.807) is 18.6 Å². The number of carbonyl (C=O) groups excluding carboxylic acids is 1. The largest absolute Gasteiger partial charge is 0.368 e. The second kappa shape index (κ2) is 5.87. The number of thiazole rings is 1. The monoisotopic (exact) mass is 304 g/mol. The molecule has 0 radical (unpaired) electrons. The van der Waals surface area contributed by atoms with Gasteiger partial charge in [0.15, 0.2) is 0 Å². The van der Waals surface area contributed by atoms with Crippen molar-refractivity contribution in [3.63, 3.8) is 0 Å². The van der Waals surface area contributed by atoms with E-state index < -0.39 is 0 Å². The molecule has 1 fully saturated rings. The molecule has 1 aliphatic heterocycles. The first-order valence-corrected chi connectivity index (χ1v) is 7.57. The van der Waals surface area contributed by atoms with Crippen molar-refractivity contribution < 1.29 is 9.53 Å². The lowest BCUT2D eigenvalue weighted by Gasteiger charge is -2.32. The van der Waals surface area contributed by atoms with Gasteiger partial charge in [0.25, 0.3) is 5.91 Å². The minimum Gasteiger partial charge on any atom is -0.368 e. The summed E-state index contributed by atoms with van der Waals surface area (Å²) in [4.78, 5) is 27.8. The normalized spacial score (nSPS) is 18.8. The number of nitrogens with zero attached hydrogens (tertiary/aromatic N) is 4. The Morgan fingerprint density at radius 3 is 2.95 bits per heavy atom. The summed E-state index contributed by atoms with van der Waals surface area (Å²) in [5, 5.41) is 0.912. The summed E-state index contributed by atoms with van der Waals surface area (Å²) in [6, 6.07) is 0. The van der Waals surface area contributed by atoms with Crippen molar-refractivity contribution >= 4 is 17.2 Å². The Kier molecular flexibility index (Phi) is 3.94. The predicted molar refractivity (Wildman–Crippen MR) is 78.2 cm³/mol. The summed E-state index contributed by atoms with van der Waals surface area (Å²) >= 11 is 1.44. The van der Waals surface area contributed by atoms with Gasteiger partial charge in [-0.1, -0.05) is 0 Å². The summed E-state index contributed by atoms with van der Waals surface area (Å²) in [6.45, 7) is 5.37. The maximum atomic E-state index is 12.6. The molecule has 0 saturated carbocycles. The molecule has 3 rings (SSSR count). The van der Waals surface area contributed by atoms with Gasteiger partial charge >= 0.3 is 0 Å². The first kappa shape index (κ1) is 14.1. The van der Waals surface area contributed by atoms with Gasteiger partial charge in [0.05, 0.1) is 35.7 Å². The fourth-order valence-corrected chi connectivity index (χ4v) is 3.25. The number of ether oxygens (including phenoxy) is 1. The second-order valence-corrected chi connectivity index (χ2v) is 6.09. The minimum atomic E-state index is -0.217. The first-order valence-electron chi connectivity index (χ1n) is 6.76. The molecule has 1 aliphatic rings. The Hall–Kier alpha value is -1.86. The molecule has 0 spiro atoms. The summed E-state index contributed by atoms with van der Waals surface area (Å²) in [7, 11) is 0. The number of hydrogen-bond donors (Lipinski definition) is 0. The van der Waals surface area contributed by atoms with Crippen LogP contribution in [0.15, 0.2) is 18.6 Å². The van der Waals surface area contributed by atoms with Crippen LogP contribution in [0.2, 0.25) is 0 Å². The minimum absolute atomic E-state index is 0.0234. The molecular weight excluding hydrogens is 288 g/mol. The zero-order valence-electron chi connectivity index (χ0n) is 11.9. The average molecular weight is 304 g/mol. The number of aromatic nitrogens is 3.